The van der Waals surface area contributed by atoms with Gasteiger partial charge >= 0.3 is 0 Å². The average molecular weight is 367 g/mol. The molecule has 0 unspecified atom stereocenters. The lowest BCUT2D eigenvalue weighted by Crippen LogP contribution is -2.19. The van der Waals surface area contributed by atoms with Crippen LogP contribution in [0.3, 0.4) is 0 Å². The number of hydrogen-bond donors (Lipinski definition) is 1. The van der Waals surface area contributed by atoms with Crippen molar-refractivity contribution >= 4 is 12.0 Å². The number of ether oxygens (including phenoxy) is 1. The number of hydrogen-bond acceptors (Lipinski definition) is 4. The molecule has 1 N–H and O–H groups in total. The Labute approximate surface area is 157 Å². The zero-order chi connectivity index (χ0) is 19.2. The van der Waals surface area contributed by atoms with Crippen LogP contribution in [0.15, 0.2) is 60.0 Å². The van der Waals surface area contributed by atoms with Gasteiger partial charge in [-0.05, 0) is 35.4 Å². The molecule has 0 aliphatic rings. The minimum Gasteiger partial charge on any atom is -0.495 e. The highest BCUT2D eigenvalue weighted by Gasteiger charge is 2.10. The van der Waals surface area contributed by atoms with Gasteiger partial charge in [-0.25, -0.2) is 4.39 Å². The number of benzene rings is 2. The summed E-state index contributed by atoms with van der Waals surface area (Å²) >= 11 is 0. The minimum absolute atomic E-state index is 0.246. The van der Waals surface area contributed by atoms with E-state index in [4.69, 9.17) is 4.74 Å². The number of nitrogens with zero attached hydrogens (tertiary/aromatic N) is 4. The van der Waals surface area contributed by atoms with Crippen LogP contribution in [0.5, 0.6) is 5.75 Å². The molecular weight excluding hydrogens is 345 g/mol. The first-order chi connectivity index (χ1) is 13.1. The van der Waals surface area contributed by atoms with Crippen LogP contribution in [0.25, 0.3) is 11.1 Å². The summed E-state index contributed by atoms with van der Waals surface area (Å²) in [5.41, 5.74) is 3.75. The lowest BCUT2D eigenvalue weighted by atomic mass is 10.1. The van der Waals surface area contributed by atoms with Gasteiger partial charge in [-0.3, -0.25) is 10.1 Å². The van der Waals surface area contributed by atoms with Gasteiger partial charge in [-0.2, -0.15) is 10.2 Å². The Morgan fingerprint density at radius 3 is 2.74 bits per heavy atom. The third-order valence-electron chi connectivity index (χ3n) is 4.11. The van der Waals surface area contributed by atoms with Crippen LogP contribution >= 0.6 is 0 Å². The van der Waals surface area contributed by atoms with Gasteiger partial charge in [0.1, 0.15) is 17.9 Å². The highest BCUT2D eigenvalue weighted by molar-refractivity contribution is 5.83. The molecule has 3 rings (SSSR count). The second kappa shape index (κ2) is 8.35. The summed E-state index contributed by atoms with van der Waals surface area (Å²) in [6, 6.07) is 12.4. The molecule has 0 fully saturated rings. The quantitative estimate of drug-likeness (QED) is 0.393. The van der Waals surface area contributed by atoms with Gasteiger partial charge in [0.15, 0.2) is 0 Å². The molecule has 2 aromatic carbocycles. The van der Waals surface area contributed by atoms with Crippen molar-refractivity contribution in [2.45, 2.75) is 6.54 Å². The Balaban J connectivity index is 1.71. The van der Waals surface area contributed by atoms with Gasteiger partial charge in [-0.1, -0.05) is 18.2 Å². The van der Waals surface area contributed by atoms with E-state index in [1.807, 2.05) is 49.5 Å². The molecular formula is C20H22FN5O. The van der Waals surface area contributed by atoms with Crippen LogP contribution in [-0.4, -0.2) is 42.7 Å². The highest BCUT2D eigenvalue weighted by Crippen LogP contribution is 2.32. The zero-order valence-electron chi connectivity index (χ0n) is 15.6. The summed E-state index contributed by atoms with van der Waals surface area (Å²) < 4.78 is 18.8. The first-order valence-electron chi connectivity index (χ1n) is 8.46. The van der Waals surface area contributed by atoms with E-state index in [1.54, 1.807) is 30.7 Å². The first-order valence-corrected chi connectivity index (χ1v) is 8.46. The van der Waals surface area contributed by atoms with E-state index in [1.165, 1.54) is 12.1 Å². The first kappa shape index (κ1) is 18.4. The van der Waals surface area contributed by atoms with Gasteiger partial charge in [0.05, 0.1) is 25.5 Å². The molecule has 1 heterocycles. The molecule has 140 valence electrons. The molecule has 0 saturated heterocycles. The van der Waals surface area contributed by atoms with Crippen LogP contribution in [0, 0.1) is 5.82 Å². The normalized spacial score (nSPS) is 11.0. The van der Waals surface area contributed by atoms with Crippen molar-refractivity contribution in [2.24, 2.45) is 5.10 Å². The monoisotopic (exact) mass is 367 g/mol. The fraction of sp³-hybridized carbons (Fsp3) is 0.200. The van der Waals surface area contributed by atoms with E-state index < -0.39 is 0 Å². The van der Waals surface area contributed by atoms with Crippen molar-refractivity contribution in [3.63, 3.8) is 0 Å². The summed E-state index contributed by atoms with van der Waals surface area (Å²) in [6.45, 7) is 0.513. The summed E-state index contributed by atoms with van der Waals surface area (Å²) in [5, 5.41) is 12.9. The van der Waals surface area contributed by atoms with Crippen molar-refractivity contribution in [3.8, 4) is 16.9 Å². The molecule has 0 radical (unpaired) electrons. The Morgan fingerprint density at radius 1 is 1.19 bits per heavy atom. The van der Waals surface area contributed by atoms with Crippen LogP contribution in [0.1, 0.15) is 5.56 Å². The number of nitrogens with one attached hydrogen (secondary N) is 1. The number of aromatic amines is 1. The molecule has 3 aromatic rings. The number of halogens is 1. The van der Waals surface area contributed by atoms with Gasteiger partial charge < -0.3 is 9.64 Å². The molecule has 0 atom stereocenters. The van der Waals surface area contributed by atoms with Crippen LogP contribution in [0.4, 0.5) is 10.1 Å². The van der Waals surface area contributed by atoms with Crippen molar-refractivity contribution in [3.05, 3.63) is 66.2 Å². The minimum atomic E-state index is -0.246. The number of aromatic nitrogens is 2. The maximum Gasteiger partial charge on any atom is 0.143 e. The molecule has 1 aromatic heterocycles. The number of H-pyrrole nitrogens is 1. The molecule has 7 heteroatoms. The second-order valence-corrected chi connectivity index (χ2v) is 6.16. The number of rotatable bonds is 7. The van der Waals surface area contributed by atoms with Crippen molar-refractivity contribution in [2.75, 3.05) is 26.1 Å². The second-order valence-electron chi connectivity index (χ2n) is 6.16. The Hall–Kier alpha value is -3.35. The maximum atomic E-state index is 13.3. The predicted octanol–water partition coefficient (Wildman–Crippen LogP) is 3.74. The lowest BCUT2D eigenvalue weighted by molar-refractivity contribution is 0.347. The van der Waals surface area contributed by atoms with Gasteiger partial charge in [0, 0.05) is 25.9 Å². The molecule has 0 bridgehead atoms. The van der Waals surface area contributed by atoms with E-state index >= 15 is 0 Å². The topological polar surface area (TPSA) is 56.8 Å². The molecule has 0 spiro atoms. The zero-order valence-corrected chi connectivity index (χ0v) is 15.6. The van der Waals surface area contributed by atoms with Gasteiger partial charge in [-0.15, -0.1) is 0 Å². The largest absolute Gasteiger partial charge is 0.495 e. The predicted molar refractivity (Wildman–Crippen MR) is 105 cm³/mol. The standard InChI is InChI=1S/C20H22FN5O/c1-25(14-24-26(2)13-15-5-4-6-18(21)9-15)19-8-7-16(10-20(19)27-3)17-11-22-23-12-17/h4-12,14H,13H2,1-3H3,(H,22,23)/b24-14-. The molecule has 6 nitrogen and oxygen atoms in total. The Kier molecular flexibility index (Phi) is 5.71. The fourth-order valence-electron chi connectivity index (χ4n) is 2.73. The van der Waals surface area contributed by atoms with E-state index in [9.17, 15) is 4.39 Å². The smallest absolute Gasteiger partial charge is 0.143 e. The van der Waals surface area contributed by atoms with E-state index in [0.717, 1.165) is 28.1 Å². The van der Waals surface area contributed by atoms with Crippen LogP contribution in [0.2, 0.25) is 0 Å². The molecule has 0 saturated carbocycles. The molecule has 0 aliphatic carbocycles. The third kappa shape index (κ3) is 4.63. The summed E-state index contributed by atoms with van der Waals surface area (Å²) in [6.07, 6.45) is 5.30. The Bertz CT molecular complexity index is 910. The summed E-state index contributed by atoms with van der Waals surface area (Å²) in [7, 11) is 5.38. The van der Waals surface area contributed by atoms with Crippen molar-refractivity contribution < 1.29 is 9.13 Å². The van der Waals surface area contributed by atoms with Gasteiger partial charge in [0.2, 0.25) is 0 Å². The maximum absolute atomic E-state index is 13.3. The molecule has 0 aliphatic heterocycles. The van der Waals surface area contributed by atoms with Crippen molar-refractivity contribution in [1.82, 2.24) is 15.2 Å². The highest BCUT2D eigenvalue weighted by atomic mass is 19.1. The van der Waals surface area contributed by atoms with Crippen LogP contribution < -0.4 is 9.64 Å². The number of hydrazone groups is 1. The molecule has 0 amide bonds. The third-order valence-corrected chi connectivity index (χ3v) is 4.11. The van der Waals surface area contributed by atoms with E-state index in [0.29, 0.717) is 6.54 Å². The van der Waals surface area contributed by atoms with Crippen LogP contribution in [-0.2, 0) is 6.54 Å². The van der Waals surface area contributed by atoms with E-state index in [2.05, 4.69) is 15.3 Å². The average Bonchev–Trinajstić information content (AvgIpc) is 3.20. The van der Waals surface area contributed by atoms with E-state index in [-0.39, 0.29) is 5.82 Å². The molecule has 27 heavy (non-hydrogen) atoms. The summed E-state index contributed by atoms with van der Waals surface area (Å²) in [4.78, 5) is 1.88. The van der Waals surface area contributed by atoms with Crippen molar-refractivity contribution in [1.29, 1.82) is 0 Å². The van der Waals surface area contributed by atoms with Gasteiger partial charge in [0.25, 0.3) is 0 Å². The number of methoxy groups -OCH3 is 1. The fourth-order valence-corrected chi connectivity index (χ4v) is 2.73. The lowest BCUT2D eigenvalue weighted by Gasteiger charge is -2.19. The summed E-state index contributed by atoms with van der Waals surface area (Å²) in [5.74, 6) is 0.486. The number of anilines is 1. The Morgan fingerprint density at radius 2 is 2.04 bits per heavy atom. The SMILES string of the molecule is COc1cc(-c2cn[nH]c2)ccc1N(C)/C=N\N(C)Cc1cccc(F)c1.